The monoisotopic (exact) mass is 638 g/mol. The van der Waals surface area contributed by atoms with E-state index >= 15 is 0 Å². The van der Waals surface area contributed by atoms with Gasteiger partial charge in [0.25, 0.3) is 0 Å². The smallest absolute Gasteiger partial charge is 0.128 e. The van der Waals surface area contributed by atoms with Gasteiger partial charge in [-0.3, -0.25) is 13.8 Å². The molecule has 0 atom stereocenters. The maximum Gasteiger partial charge on any atom is 0.128 e. The van der Waals surface area contributed by atoms with Gasteiger partial charge in [-0.05, 0) is 35.5 Å². The van der Waals surface area contributed by atoms with Crippen molar-refractivity contribution in [3.8, 4) is 11.3 Å². The summed E-state index contributed by atoms with van der Waals surface area (Å²) in [5, 5.41) is 5.05. The summed E-state index contributed by atoms with van der Waals surface area (Å²) < 4.78 is 51.8. The average Bonchev–Trinajstić information content (AvgIpc) is 3.14. The maximum absolute atomic E-state index is 13.5. The van der Waals surface area contributed by atoms with Crippen molar-refractivity contribution in [2.75, 3.05) is 12.1 Å². The molecular weight excluding hydrogens is 619 g/mol. The second-order valence-electron chi connectivity index (χ2n) is 7.79. The van der Waals surface area contributed by atoms with Crippen molar-refractivity contribution in [3.63, 3.8) is 0 Å². The van der Waals surface area contributed by atoms with Gasteiger partial charge in [0.15, 0.2) is 0 Å². The largest absolute Gasteiger partial charge is 0.493 e. The molecule has 0 bridgehead atoms. The molecule has 0 N–H and O–H groups in total. The van der Waals surface area contributed by atoms with E-state index in [2.05, 4.69) is 53.0 Å². The Labute approximate surface area is 203 Å². The van der Waals surface area contributed by atoms with Crippen molar-refractivity contribution >= 4 is 12.0 Å². The first-order chi connectivity index (χ1) is 15.0. The molecule has 33 heavy (non-hydrogen) atoms. The van der Waals surface area contributed by atoms with Crippen LogP contribution in [0.25, 0.3) is 11.3 Å². The molecule has 0 amide bonds. The van der Waals surface area contributed by atoms with Crippen LogP contribution in [-0.2, 0) is 26.5 Å². The first kappa shape index (κ1) is 26.4. The van der Waals surface area contributed by atoms with Gasteiger partial charge >= 0.3 is 0 Å². The molecule has 6 nitrogen and oxygen atoms in total. The molecule has 0 fully saturated rings. The predicted molar refractivity (Wildman–Crippen MR) is 111 cm³/mol. The minimum atomic E-state index is -0.936. The van der Waals surface area contributed by atoms with E-state index in [1.165, 1.54) is 18.0 Å². The van der Waals surface area contributed by atoms with Crippen molar-refractivity contribution in [2.45, 2.75) is 26.2 Å². The third kappa shape index (κ3) is 6.80. The molecule has 11 heteroatoms. The van der Waals surface area contributed by atoms with E-state index in [4.69, 9.17) is 0 Å². The van der Waals surface area contributed by atoms with Crippen molar-refractivity contribution in [1.29, 1.82) is 0 Å². The molecule has 4 rings (SSSR count). The van der Waals surface area contributed by atoms with Crippen molar-refractivity contribution in [1.82, 2.24) is 19.9 Å². The van der Waals surface area contributed by atoms with Gasteiger partial charge < -0.3 is 19.9 Å². The van der Waals surface area contributed by atoms with Crippen LogP contribution in [0, 0.1) is 42.6 Å². The standard InChI is InChI=1S/C14H13F2N2.C8H6F2N4.Pt/c1-14(2,3)9-6-7-17-11(8-9)10-4-5-12(15)18-13(10)16;1-13-4-11-14(5-13)6-2-3-7(9)12-8(6)10;/h5-8H,1-3H3;3-5H,1H3;/q-1;-2;. The van der Waals surface area contributed by atoms with Crippen LogP contribution in [0.5, 0.6) is 0 Å². The second-order valence-corrected chi connectivity index (χ2v) is 7.79. The summed E-state index contributed by atoms with van der Waals surface area (Å²) in [5.74, 6) is -3.62. The summed E-state index contributed by atoms with van der Waals surface area (Å²) in [5.41, 5.74) is 1.44. The van der Waals surface area contributed by atoms with Crippen LogP contribution < -0.4 is 5.01 Å². The van der Waals surface area contributed by atoms with Gasteiger partial charge in [0.2, 0.25) is 0 Å². The molecule has 3 aromatic rings. The molecule has 0 aliphatic carbocycles. The molecule has 1 aliphatic heterocycles. The summed E-state index contributed by atoms with van der Waals surface area (Å²) in [6, 6.07) is 10.5. The molecule has 0 unspecified atom stereocenters. The minimum absolute atomic E-state index is 0. The predicted octanol–water partition coefficient (Wildman–Crippen LogP) is 4.49. The fourth-order valence-electron chi connectivity index (χ4n) is 2.60. The number of hydrogen-bond acceptors (Lipinski definition) is 6. The maximum atomic E-state index is 13.5. The van der Waals surface area contributed by atoms with E-state index < -0.39 is 23.8 Å². The SMILES string of the molecule is CC(C)(C)c1ccnc(-c2[c-]cc(F)nc2F)c1.CN1C=NN(c2[c-]cc(F)nc2F)[CH-]1.[Pt]. The number of aromatic nitrogens is 3. The topological polar surface area (TPSA) is 57.5 Å². The van der Waals surface area contributed by atoms with Crippen molar-refractivity contribution in [2.24, 2.45) is 5.10 Å². The molecule has 0 saturated heterocycles. The fraction of sp³-hybridized carbons (Fsp3) is 0.227. The number of nitrogens with zero attached hydrogens (tertiary/aromatic N) is 6. The van der Waals surface area contributed by atoms with E-state index in [1.54, 1.807) is 24.2 Å². The van der Waals surface area contributed by atoms with Gasteiger partial charge in [-0.25, -0.2) is 8.78 Å². The van der Waals surface area contributed by atoms with E-state index in [0.29, 0.717) is 5.69 Å². The molecule has 4 heterocycles. The Morgan fingerprint density at radius 1 is 0.970 bits per heavy atom. The van der Waals surface area contributed by atoms with Crippen molar-refractivity contribution in [3.05, 3.63) is 78.6 Å². The fourth-order valence-corrected chi connectivity index (χ4v) is 2.60. The minimum Gasteiger partial charge on any atom is -0.493 e. The second kappa shape index (κ2) is 10.8. The Hall–Kier alpha value is -2.87. The Morgan fingerprint density at radius 3 is 2.15 bits per heavy atom. The van der Waals surface area contributed by atoms with Crippen LogP contribution in [0.4, 0.5) is 23.2 Å². The zero-order chi connectivity index (χ0) is 23.5. The molecule has 3 aromatic heterocycles. The third-order valence-electron chi connectivity index (χ3n) is 4.24. The normalized spacial score (nSPS) is 12.8. The Morgan fingerprint density at radius 2 is 1.61 bits per heavy atom. The molecule has 178 valence electrons. The van der Waals surface area contributed by atoms with Crippen LogP contribution >= 0.6 is 0 Å². The van der Waals surface area contributed by atoms with Crippen LogP contribution in [0.2, 0.25) is 0 Å². The number of pyridine rings is 3. The number of halogens is 4. The first-order valence-electron chi connectivity index (χ1n) is 9.39. The first-order valence-corrected chi connectivity index (χ1v) is 9.39. The van der Waals surface area contributed by atoms with E-state index in [-0.39, 0.29) is 37.7 Å². The van der Waals surface area contributed by atoms with Crippen LogP contribution in [0.3, 0.4) is 0 Å². The van der Waals surface area contributed by atoms with Gasteiger partial charge in [0.05, 0.1) is 12.3 Å². The van der Waals surface area contributed by atoms with E-state index in [9.17, 15) is 17.6 Å². The van der Waals surface area contributed by atoms with Crippen LogP contribution in [-0.4, -0.2) is 33.2 Å². The average molecular weight is 639 g/mol. The quantitative estimate of drug-likeness (QED) is 0.235. The zero-order valence-electron chi connectivity index (χ0n) is 18.1. The van der Waals surface area contributed by atoms with Gasteiger partial charge in [-0.15, -0.1) is 18.8 Å². The Kier molecular flexibility index (Phi) is 8.66. The molecule has 0 aromatic carbocycles. The van der Waals surface area contributed by atoms with Crippen LogP contribution in [0.15, 0.2) is 35.6 Å². The van der Waals surface area contributed by atoms with Gasteiger partial charge in [0.1, 0.15) is 17.8 Å². The molecular formula is C22H19F4N6Pt-3. The van der Waals surface area contributed by atoms with Gasteiger partial charge in [-0.2, -0.15) is 11.2 Å². The summed E-state index contributed by atoms with van der Waals surface area (Å²) in [7, 11) is 1.73. The molecule has 1 aliphatic rings. The van der Waals surface area contributed by atoms with Gasteiger partial charge in [-0.1, -0.05) is 38.5 Å². The number of hydrazone groups is 1. The van der Waals surface area contributed by atoms with Gasteiger partial charge in [0, 0.05) is 27.3 Å². The third-order valence-corrected chi connectivity index (χ3v) is 4.24. The summed E-state index contributed by atoms with van der Waals surface area (Å²) in [6.07, 6.45) is 3.09. The summed E-state index contributed by atoms with van der Waals surface area (Å²) in [4.78, 5) is 11.9. The van der Waals surface area contributed by atoms with E-state index in [0.717, 1.165) is 17.7 Å². The zero-order valence-corrected chi connectivity index (χ0v) is 20.3. The van der Waals surface area contributed by atoms with E-state index in [1.807, 2.05) is 6.07 Å². The Bertz CT molecular complexity index is 1140. The molecule has 0 saturated carbocycles. The number of hydrogen-bond donors (Lipinski definition) is 0. The molecule has 0 spiro atoms. The summed E-state index contributed by atoms with van der Waals surface area (Å²) >= 11 is 0. The summed E-state index contributed by atoms with van der Waals surface area (Å²) in [6.45, 7) is 7.67. The number of anilines is 1. The number of rotatable bonds is 2. The van der Waals surface area contributed by atoms with Crippen molar-refractivity contribution < 1.29 is 38.6 Å². The van der Waals surface area contributed by atoms with Crippen LogP contribution in [0.1, 0.15) is 26.3 Å². The Balaban J connectivity index is 0.000000233. The molecule has 0 radical (unpaired) electrons.